The lowest BCUT2D eigenvalue weighted by Gasteiger charge is -2.32. The molecule has 1 aliphatic rings. The Morgan fingerprint density at radius 2 is 2.26 bits per heavy atom. The van der Waals surface area contributed by atoms with E-state index in [2.05, 4.69) is 46.3 Å². The first-order valence-corrected chi connectivity index (χ1v) is 8.61. The third kappa shape index (κ3) is 5.49. The number of ether oxygens (including phenoxy) is 1. The zero-order valence-electron chi connectivity index (χ0n) is 14.4. The largest absolute Gasteiger partial charge is 0.481 e. The van der Waals surface area contributed by atoms with Gasteiger partial charge < -0.3 is 20.3 Å². The zero-order chi connectivity index (χ0) is 16.8. The number of piperidine rings is 1. The Kier molecular flexibility index (Phi) is 6.38. The summed E-state index contributed by atoms with van der Waals surface area (Å²) in [6.45, 7) is 9.37. The van der Waals surface area contributed by atoms with E-state index in [1.54, 1.807) is 7.11 Å². The van der Waals surface area contributed by atoms with Crippen molar-refractivity contribution in [2.45, 2.75) is 33.6 Å². The van der Waals surface area contributed by atoms with Crippen molar-refractivity contribution < 1.29 is 4.74 Å². The highest BCUT2D eigenvalue weighted by atomic mass is 32.1. The van der Waals surface area contributed by atoms with Gasteiger partial charge >= 0.3 is 0 Å². The van der Waals surface area contributed by atoms with Crippen molar-refractivity contribution in [2.24, 2.45) is 11.8 Å². The molecule has 0 saturated carbocycles. The fourth-order valence-electron chi connectivity index (χ4n) is 2.58. The molecule has 0 radical (unpaired) electrons. The minimum atomic E-state index is 0.471. The number of anilines is 2. The molecule has 23 heavy (non-hydrogen) atoms. The molecule has 1 fully saturated rings. The van der Waals surface area contributed by atoms with Crippen molar-refractivity contribution in [3.05, 3.63) is 6.07 Å². The van der Waals surface area contributed by atoms with Gasteiger partial charge in [0.25, 0.3) is 0 Å². The third-order valence-corrected chi connectivity index (χ3v) is 4.02. The highest BCUT2D eigenvalue weighted by Crippen LogP contribution is 2.24. The molecule has 0 aromatic carbocycles. The summed E-state index contributed by atoms with van der Waals surface area (Å²) in [6, 6.07) is 1.88. The molecule has 1 aliphatic heterocycles. The van der Waals surface area contributed by atoms with Gasteiger partial charge in [-0.2, -0.15) is 9.97 Å². The molecule has 0 amide bonds. The van der Waals surface area contributed by atoms with Crippen LogP contribution in [0.3, 0.4) is 0 Å². The molecule has 7 heteroatoms. The molecule has 2 N–H and O–H groups in total. The van der Waals surface area contributed by atoms with Crippen LogP contribution >= 0.6 is 12.2 Å². The number of thiocarbonyl (C=S) groups is 1. The highest BCUT2D eigenvalue weighted by Gasteiger charge is 2.19. The first-order chi connectivity index (χ1) is 11.0. The fourth-order valence-corrected chi connectivity index (χ4v) is 2.75. The van der Waals surface area contributed by atoms with Crippen LogP contribution in [0.4, 0.5) is 11.8 Å². The monoisotopic (exact) mass is 337 g/mol. The summed E-state index contributed by atoms with van der Waals surface area (Å²) in [5.74, 6) is 3.10. The third-order valence-electron chi connectivity index (χ3n) is 3.78. The second-order valence-corrected chi connectivity index (χ2v) is 6.92. The Balaban J connectivity index is 2.10. The first kappa shape index (κ1) is 17.7. The average molecular weight is 337 g/mol. The SMILES string of the molecule is COc1cc(N2CCC[C@H](C)C2)nc(NC(=S)NCC(C)C)n1. The molecule has 1 saturated heterocycles. The van der Waals surface area contributed by atoms with Crippen molar-refractivity contribution in [3.63, 3.8) is 0 Å². The molecule has 1 aromatic heterocycles. The maximum atomic E-state index is 5.31. The van der Waals surface area contributed by atoms with Crippen molar-refractivity contribution in [1.29, 1.82) is 0 Å². The molecule has 1 atom stereocenters. The van der Waals surface area contributed by atoms with Gasteiger partial charge in [0.05, 0.1) is 7.11 Å². The van der Waals surface area contributed by atoms with Crippen LogP contribution in [0.15, 0.2) is 6.07 Å². The Hall–Kier alpha value is -1.63. The zero-order valence-corrected chi connectivity index (χ0v) is 15.2. The maximum Gasteiger partial charge on any atom is 0.234 e. The standard InChI is InChI=1S/C16H27N5OS/c1-11(2)9-17-16(23)20-15-18-13(8-14(19-15)22-4)21-7-5-6-12(3)10-21/h8,11-12H,5-7,9-10H2,1-4H3,(H2,17,18,19,20,23)/t12-/m0/s1. The molecule has 2 heterocycles. The molecule has 2 rings (SSSR count). The minimum Gasteiger partial charge on any atom is -0.481 e. The Bertz CT molecular complexity index is 537. The summed E-state index contributed by atoms with van der Waals surface area (Å²) in [6.07, 6.45) is 2.46. The highest BCUT2D eigenvalue weighted by molar-refractivity contribution is 7.80. The van der Waals surface area contributed by atoms with Crippen LogP contribution in [0.25, 0.3) is 0 Å². The maximum absolute atomic E-state index is 5.31. The molecule has 1 aromatic rings. The number of hydrogen-bond acceptors (Lipinski definition) is 5. The fraction of sp³-hybridized carbons (Fsp3) is 0.688. The van der Waals surface area contributed by atoms with Crippen LogP contribution < -0.4 is 20.3 Å². The van der Waals surface area contributed by atoms with Crippen LogP contribution in [-0.4, -0.2) is 41.8 Å². The molecule has 128 valence electrons. The van der Waals surface area contributed by atoms with Crippen LogP contribution in [0, 0.1) is 11.8 Å². The van der Waals surface area contributed by atoms with Crippen LogP contribution in [0.2, 0.25) is 0 Å². The minimum absolute atomic E-state index is 0.471. The molecule has 0 spiro atoms. The molecule has 0 bridgehead atoms. The lowest BCUT2D eigenvalue weighted by molar-refractivity contribution is 0.396. The van der Waals surface area contributed by atoms with E-state index in [9.17, 15) is 0 Å². The second kappa shape index (κ2) is 8.29. The topological polar surface area (TPSA) is 62.3 Å². The van der Waals surface area contributed by atoms with Gasteiger partial charge in [-0.25, -0.2) is 0 Å². The van der Waals surface area contributed by atoms with Gasteiger partial charge in [0.1, 0.15) is 5.82 Å². The van der Waals surface area contributed by atoms with Gasteiger partial charge in [-0.1, -0.05) is 20.8 Å². The van der Waals surface area contributed by atoms with Gasteiger partial charge in [0, 0.05) is 25.7 Å². The van der Waals surface area contributed by atoms with Gasteiger partial charge in [-0.05, 0) is 36.9 Å². The van der Waals surface area contributed by atoms with Crippen molar-refractivity contribution >= 4 is 29.1 Å². The summed E-state index contributed by atoms with van der Waals surface area (Å²) in [4.78, 5) is 11.2. The van der Waals surface area contributed by atoms with Crippen molar-refractivity contribution in [2.75, 3.05) is 37.0 Å². The number of methoxy groups -OCH3 is 1. The van der Waals surface area contributed by atoms with Gasteiger partial charge in [-0.3, -0.25) is 0 Å². The van der Waals surface area contributed by atoms with E-state index >= 15 is 0 Å². The molecular weight excluding hydrogens is 310 g/mol. The second-order valence-electron chi connectivity index (χ2n) is 6.51. The van der Waals surface area contributed by atoms with Crippen LogP contribution in [-0.2, 0) is 0 Å². The summed E-state index contributed by atoms with van der Waals surface area (Å²) < 4.78 is 5.31. The predicted molar refractivity (Wildman–Crippen MR) is 98.3 cm³/mol. The van der Waals surface area contributed by atoms with E-state index in [4.69, 9.17) is 17.0 Å². The Morgan fingerprint density at radius 3 is 2.91 bits per heavy atom. The van der Waals surface area contributed by atoms with Gasteiger partial charge in [0.2, 0.25) is 11.8 Å². The van der Waals surface area contributed by atoms with E-state index < -0.39 is 0 Å². The number of nitrogens with zero attached hydrogens (tertiary/aromatic N) is 3. The lowest BCUT2D eigenvalue weighted by atomic mass is 10.0. The number of hydrogen-bond donors (Lipinski definition) is 2. The van der Waals surface area contributed by atoms with E-state index in [0.717, 1.165) is 25.5 Å². The molecule has 0 aliphatic carbocycles. The van der Waals surface area contributed by atoms with E-state index in [1.165, 1.54) is 12.8 Å². The molecular formula is C16H27N5OS. The smallest absolute Gasteiger partial charge is 0.234 e. The molecule has 0 unspecified atom stereocenters. The first-order valence-electron chi connectivity index (χ1n) is 8.20. The normalized spacial score (nSPS) is 18.0. The van der Waals surface area contributed by atoms with Gasteiger partial charge in [0.15, 0.2) is 5.11 Å². The number of rotatable bonds is 5. The quantitative estimate of drug-likeness (QED) is 0.801. The van der Waals surface area contributed by atoms with Gasteiger partial charge in [-0.15, -0.1) is 0 Å². The average Bonchev–Trinajstić information content (AvgIpc) is 2.52. The summed E-state index contributed by atoms with van der Waals surface area (Å²) >= 11 is 5.30. The Morgan fingerprint density at radius 1 is 1.48 bits per heavy atom. The number of aromatic nitrogens is 2. The summed E-state index contributed by atoms with van der Waals surface area (Å²) in [7, 11) is 1.62. The van der Waals surface area contributed by atoms with Crippen LogP contribution in [0.5, 0.6) is 5.88 Å². The van der Waals surface area contributed by atoms with E-state index in [0.29, 0.717) is 28.8 Å². The van der Waals surface area contributed by atoms with Crippen LogP contribution in [0.1, 0.15) is 33.6 Å². The number of nitrogens with one attached hydrogen (secondary N) is 2. The summed E-state index contributed by atoms with van der Waals surface area (Å²) in [5, 5.41) is 6.75. The van der Waals surface area contributed by atoms with Crippen molar-refractivity contribution in [1.82, 2.24) is 15.3 Å². The van der Waals surface area contributed by atoms with E-state index in [1.807, 2.05) is 6.07 Å². The summed E-state index contributed by atoms with van der Waals surface area (Å²) in [5.41, 5.74) is 0. The Labute approximate surface area is 144 Å². The predicted octanol–water partition coefficient (Wildman–Crippen LogP) is 2.66. The lowest BCUT2D eigenvalue weighted by Crippen LogP contribution is -2.35. The van der Waals surface area contributed by atoms with Crippen molar-refractivity contribution in [3.8, 4) is 5.88 Å². The van der Waals surface area contributed by atoms with E-state index in [-0.39, 0.29) is 0 Å². The molecule has 6 nitrogen and oxygen atoms in total.